The molecular weight excluding hydrogens is 328 g/mol. The summed E-state index contributed by atoms with van der Waals surface area (Å²) in [7, 11) is 0. The number of rotatable bonds is 2. The lowest BCUT2D eigenvalue weighted by atomic mass is 9.99. The maximum absolute atomic E-state index is 12.8. The van der Waals surface area contributed by atoms with Crippen LogP contribution in [0, 0.1) is 0 Å². The number of amides is 1. The summed E-state index contributed by atoms with van der Waals surface area (Å²) in [5, 5.41) is 11.8. The Bertz CT molecular complexity index is 1150. The fourth-order valence-electron chi connectivity index (χ4n) is 3.48. The number of carbonyl (C=O) groups is 1. The van der Waals surface area contributed by atoms with E-state index in [1.807, 2.05) is 23.2 Å². The largest absolute Gasteiger partial charge is 0.346 e. The van der Waals surface area contributed by atoms with E-state index >= 15 is 0 Å². The van der Waals surface area contributed by atoms with Crippen molar-refractivity contribution in [3.63, 3.8) is 0 Å². The predicted octanol–water partition coefficient (Wildman–Crippen LogP) is 2.76. The smallest absolute Gasteiger partial charge is 0.254 e. The maximum atomic E-state index is 12.8. The average molecular weight is 344 g/mol. The molecule has 26 heavy (non-hydrogen) atoms. The van der Waals surface area contributed by atoms with Gasteiger partial charge in [-0.3, -0.25) is 4.79 Å². The molecule has 0 spiro atoms. The third kappa shape index (κ3) is 2.36. The molecule has 128 valence electrons. The first kappa shape index (κ1) is 14.8. The average Bonchev–Trinajstić information content (AvgIpc) is 3.34. The van der Waals surface area contributed by atoms with Gasteiger partial charge in [0.1, 0.15) is 16.7 Å². The van der Waals surface area contributed by atoms with E-state index in [1.54, 1.807) is 18.3 Å². The normalized spacial score (nSPS) is 14.8. The van der Waals surface area contributed by atoms with Gasteiger partial charge in [0, 0.05) is 42.0 Å². The Balaban J connectivity index is 1.39. The molecule has 3 aromatic heterocycles. The van der Waals surface area contributed by atoms with E-state index in [4.69, 9.17) is 0 Å². The van der Waals surface area contributed by atoms with E-state index < -0.39 is 0 Å². The second-order valence-corrected chi connectivity index (χ2v) is 6.36. The quantitative estimate of drug-likeness (QED) is 0.585. The minimum atomic E-state index is 0.0193. The van der Waals surface area contributed by atoms with Gasteiger partial charge in [0.05, 0.1) is 0 Å². The molecule has 0 fully saturated rings. The Kier molecular flexibility index (Phi) is 3.31. The lowest BCUT2D eigenvalue weighted by Gasteiger charge is -2.26. The van der Waals surface area contributed by atoms with Crippen LogP contribution in [0.4, 0.5) is 0 Å². The Labute approximate surface area is 148 Å². The van der Waals surface area contributed by atoms with E-state index in [9.17, 15) is 4.79 Å². The number of nitrogens with zero attached hydrogens (tertiary/aromatic N) is 4. The van der Waals surface area contributed by atoms with Gasteiger partial charge in [-0.2, -0.15) is 15.4 Å². The van der Waals surface area contributed by atoms with Gasteiger partial charge in [-0.1, -0.05) is 6.08 Å². The third-order valence-electron chi connectivity index (χ3n) is 4.86. The minimum absolute atomic E-state index is 0.0193. The lowest BCUT2D eigenvalue weighted by molar-refractivity contribution is 0.0773. The van der Waals surface area contributed by atoms with Crippen LogP contribution in [0.3, 0.4) is 0 Å². The number of nitrogens with one attached hydrogen (secondary N) is 2. The molecule has 4 aromatic rings. The van der Waals surface area contributed by atoms with Gasteiger partial charge < -0.3 is 9.88 Å². The number of hydrogen-bond acceptors (Lipinski definition) is 4. The first-order valence-electron chi connectivity index (χ1n) is 8.51. The summed E-state index contributed by atoms with van der Waals surface area (Å²) in [6, 6.07) is 9.41. The number of fused-ring (bicyclic) bond motifs is 2. The van der Waals surface area contributed by atoms with Crippen LogP contribution in [0.15, 0.2) is 48.8 Å². The van der Waals surface area contributed by atoms with Crippen LogP contribution in [-0.4, -0.2) is 49.3 Å². The highest BCUT2D eigenvalue weighted by Crippen LogP contribution is 2.28. The van der Waals surface area contributed by atoms with Crippen LogP contribution in [-0.2, 0) is 0 Å². The van der Waals surface area contributed by atoms with Gasteiger partial charge in [-0.15, -0.1) is 0 Å². The highest BCUT2D eigenvalue weighted by atomic mass is 16.2. The fourth-order valence-corrected chi connectivity index (χ4v) is 3.48. The van der Waals surface area contributed by atoms with Crippen LogP contribution in [0.1, 0.15) is 22.3 Å². The van der Waals surface area contributed by atoms with Gasteiger partial charge >= 0.3 is 0 Å². The van der Waals surface area contributed by atoms with Crippen LogP contribution >= 0.6 is 0 Å². The van der Waals surface area contributed by atoms with Crippen LogP contribution < -0.4 is 0 Å². The van der Waals surface area contributed by atoms with Gasteiger partial charge in [0.15, 0.2) is 0 Å². The Morgan fingerprint density at radius 3 is 2.96 bits per heavy atom. The van der Waals surface area contributed by atoms with Crippen LogP contribution in [0.5, 0.6) is 0 Å². The minimum Gasteiger partial charge on any atom is -0.346 e. The number of hydrogen-bond donors (Lipinski definition) is 2. The van der Waals surface area contributed by atoms with Gasteiger partial charge in [0.25, 0.3) is 5.91 Å². The van der Waals surface area contributed by atoms with Crippen molar-refractivity contribution < 1.29 is 4.79 Å². The molecular formula is C19H16N6O. The van der Waals surface area contributed by atoms with E-state index in [0.717, 1.165) is 23.0 Å². The maximum Gasteiger partial charge on any atom is 0.254 e. The van der Waals surface area contributed by atoms with E-state index in [0.29, 0.717) is 24.2 Å². The topological polar surface area (TPSA) is 90.6 Å². The van der Waals surface area contributed by atoms with Crippen molar-refractivity contribution in [1.82, 2.24) is 30.3 Å². The van der Waals surface area contributed by atoms with Crippen molar-refractivity contribution in [1.29, 1.82) is 0 Å². The molecule has 7 heteroatoms. The second kappa shape index (κ2) is 5.80. The number of aromatic amines is 2. The lowest BCUT2D eigenvalue weighted by Crippen LogP contribution is -2.34. The van der Waals surface area contributed by atoms with Crippen molar-refractivity contribution >= 4 is 33.5 Å². The number of aromatic nitrogens is 5. The number of pyridine rings is 1. The molecule has 0 radical (unpaired) electrons. The van der Waals surface area contributed by atoms with Crippen molar-refractivity contribution in [2.75, 3.05) is 13.1 Å². The van der Waals surface area contributed by atoms with Gasteiger partial charge in [-0.05, 0) is 42.3 Å². The first-order valence-corrected chi connectivity index (χ1v) is 8.51. The van der Waals surface area contributed by atoms with E-state index in [2.05, 4.69) is 37.5 Å². The number of H-pyrrole nitrogens is 2. The number of benzene rings is 1. The van der Waals surface area contributed by atoms with Crippen LogP contribution in [0.25, 0.3) is 27.6 Å². The van der Waals surface area contributed by atoms with E-state index in [-0.39, 0.29) is 5.91 Å². The predicted molar refractivity (Wildman–Crippen MR) is 98.5 cm³/mol. The van der Waals surface area contributed by atoms with Crippen molar-refractivity contribution in [2.24, 2.45) is 0 Å². The van der Waals surface area contributed by atoms with E-state index in [1.165, 1.54) is 11.1 Å². The molecule has 1 aromatic carbocycles. The molecule has 0 unspecified atom stereocenters. The fraction of sp³-hybridized carbons (Fsp3) is 0.158. The molecule has 1 aliphatic heterocycles. The highest BCUT2D eigenvalue weighted by molar-refractivity contribution is 5.98. The first-order chi connectivity index (χ1) is 12.8. The summed E-state index contributed by atoms with van der Waals surface area (Å²) in [5.74, 6) is 0.0193. The molecule has 0 aliphatic carbocycles. The molecule has 1 aliphatic rings. The standard InChI is InChI=1S/C19H16N6O/c26-19(13-3-4-16-17(10-13)23-24-22-16)25-8-5-12(6-9-25)15-11-21-18-14(15)2-1-7-20-18/h1-5,7,10-11H,6,8-9H2,(H,20,21)(H,22,23,24). The Morgan fingerprint density at radius 2 is 2.08 bits per heavy atom. The Morgan fingerprint density at radius 1 is 1.15 bits per heavy atom. The molecule has 2 N–H and O–H groups in total. The SMILES string of the molecule is O=C(c1ccc2n[nH]nc2c1)N1CC=C(c2c[nH]c3ncccc23)CC1. The monoisotopic (exact) mass is 344 g/mol. The molecule has 1 amide bonds. The molecule has 0 saturated heterocycles. The summed E-state index contributed by atoms with van der Waals surface area (Å²) in [6.07, 6.45) is 6.73. The van der Waals surface area contributed by atoms with Crippen molar-refractivity contribution in [3.8, 4) is 0 Å². The Hall–Kier alpha value is -3.48. The summed E-state index contributed by atoms with van der Waals surface area (Å²) >= 11 is 0. The summed E-state index contributed by atoms with van der Waals surface area (Å²) < 4.78 is 0. The summed E-state index contributed by atoms with van der Waals surface area (Å²) in [6.45, 7) is 1.28. The highest BCUT2D eigenvalue weighted by Gasteiger charge is 2.21. The van der Waals surface area contributed by atoms with Gasteiger partial charge in [-0.25, -0.2) is 4.98 Å². The summed E-state index contributed by atoms with van der Waals surface area (Å²) in [4.78, 5) is 22.2. The zero-order chi connectivity index (χ0) is 17.5. The molecule has 0 saturated carbocycles. The zero-order valence-corrected chi connectivity index (χ0v) is 13.9. The zero-order valence-electron chi connectivity index (χ0n) is 13.9. The molecule has 4 heterocycles. The molecule has 7 nitrogen and oxygen atoms in total. The third-order valence-corrected chi connectivity index (χ3v) is 4.86. The van der Waals surface area contributed by atoms with Crippen molar-refractivity contribution in [2.45, 2.75) is 6.42 Å². The molecule has 0 atom stereocenters. The molecule has 5 rings (SSSR count). The molecule has 0 bridgehead atoms. The van der Waals surface area contributed by atoms with Crippen LogP contribution in [0.2, 0.25) is 0 Å². The number of carbonyl (C=O) groups excluding carboxylic acids is 1. The van der Waals surface area contributed by atoms with Crippen molar-refractivity contribution in [3.05, 3.63) is 59.9 Å². The summed E-state index contributed by atoms with van der Waals surface area (Å²) in [5.41, 5.74) is 5.41. The second-order valence-electron chi connectivity index (χ2n) is 6.36. The van der Waals surface area contributed by atoms with Gasteiger partial charge in [0.2, 0.25) is 0 Å².